The molecule has 7 heteroatoms. The average Bonchev–Trinajstić information content (AvgIpc) is 2.57. The number of hydrogen-bond acceptors (Lipinski definition) is 3. The fraction of sp³-hybridized carbons (Fsp3) is 0.278. The van der Waals surface area contributed by atoms with Gasteiger partial charge in [0.05, 0.1) is 15.6 Å². The molecule has 0 atom stereocenters. The molecule has 0 saturated carbocycles. The van der Waals surface area contributed by atoms with E-state index in [4.69, 9.17) is 23.8 Å². The van der Waals surface area contributed by atoms with Crippen LogP contribution >= 0.6 is 23.8 Å². The van der Waals surface area contributed by atoms with Crippen LogP contribution in [0.15, 0.2) is 42.5 Å². The molecule has 0 amide bonds. The van der Waals surface area contributed by atoms with Crippen LogP contribution in [-0.2, 0) is 6.54 Å². The van der Waals surface area contributed by atoms with Crippen LogP contribution in [0.1, 0.15) is 30.9 Å². The van der Waals surface area contributed by atoms with Crippen LogP contribution < -0.4 is 5.32 Å². The topological polar surface area (TPSA) is 58.4 Å². The maximum Gasteiger partial charge on any atom is 0.271 e. The highest BCUT2D eigenvalue weighted by Gasteiger charge is 2.13. The average molecular weight is 378 g/mol. The molecule has 0 heterocycles. The zero-order valence-corrected chi connectivity index (χ0v) is 15.9. The summed E-state index contributed by atoms with van der Waals surface area (Å²) in [5, 5.41) is 14.7. The van der Waals surface area contributed by atoms with Gasteiger partial charge in [-0.05, 0) is 35.3 Å². The Morgan fingerprint density at radius 3 is 2.48 bits per heavy atom. The molecule has 2 aromatic rings. The van der Waals surface area contributed by atoms with Crippen molar-refractivity contribution in [2.75, 3.05) is 12.4 Å². The van der Waals surface area contributed by atoms with E-state index in [9.17, 15) is 10.1 Å². The van der Waals surface area contributed by atoms with Gasteiger partial charge in [0.1, 0.15) is 0 Å². The standard InChI is InChI=1S/C18H20ClN3O2S/c1-12(2)14-6-4-13(5-7-14)11-21(3)18(25)20-17-10-15(22(23)24)8-9-16(17)19/h4-10,12H,11H2,1-3H3,(H,20,25). The smallest absolute Gasteiger partial charge is 0.271 e. The first-order chi connectivity index (χ1) is 11.8. The molecule has 132 valence electrons. The number of benzene rings is 2. The number of nitro groups is 1. The molecule has 0 aliphatic heterocycles. The molecular weight excluding hydrogens is 358 g/mol. The number of anilines is 1. The van der Waals surface area contributed by atoms with E-state index in [0.717, 1.165) is 5.56 Å². The third-order valence-electron chi connectivity index (χ3n) is 3.82. The second-order valence-corrected chi connectivity index (χ2v) is 6.90. The summed E-state index contributed by atoms with van der Waals surface area (Å²) in [5.41, 5.74) is 2.79. The number of nitrogens with one attached hydrogen (secondary N) is 1. The van der Waals surface area contributed by atoms with Gasteiger partial charge in [0.15, 0.2) is 5.11 Å². The van der Waals surface area contributed by atoms with Crippen molar-refractivity contribution in [2.24, 2.45) is 0 Å². The van der Waals surface area contributed by atoms with Crippen LogP contribution in [0, 0.1) is 10.1 Å². The van der Waals surface area contributed by atoms with E-state index in [0.29, 0.717) is 28.3 Å². The fourth-order valence-corrected chi connectivity index (χ4v) is 2.63. The molecule has 1 N–H and O–H groups in total. The Morgan fingerprint density at radius 2 is 1.92 bits per heavy atom. The molecule has 0 saturated heterocycles. The Kier molecular flexibility index (Phi) is 6.33. The van der Waals surface area contributed by atoms with E-state index >= 15 is 0 Å². The van der Waals surface area contributed by atoms with E-state index in [1.807, 2.05) is 11.9 Å². The lowest BCUT2D eigenvalue weighted by Gasteiger charge is -2.22. The van der Waals surface area contributed by atoms with Crippen molar-refractivity contribution >= 4 is 40.3 Å². The van der Waals surface area contributed by atoms with Crippen LogP contribution in [0.25, 0.3) is 0 Å². The minimum atomic E-state index is -0.468. The highest BCUT2D eigenvalue weighted by Crippen LogP contribution is 2.27. The molecule has 0 aromatic heterocycles. The number of non-ortho nitro benzene ring substituents is 1. The SMILES string of the molecule is CC(C)c1ccc(CN(C)C(=S)Nc2cc([N+](=O)[O-])ccc2Cl)cc1. The summed E-state index contributed by atoms with van der Waals surface area (Å²) in [6.07, 6.45) is 0. The van der Waals surface area contributed by atoms with Crippen LogP contribution in [-0.4, -0.2) is 22.0 Å². The van der Waals surface area contributed by atoms with Gasteiger partial charge in [-0.2, -0.15) is 0 Å². The Morgan fingerprint density at radius 1 is 1.28 bits per heavy atom. The molecule has 0 spiro atoms. The summed E-state index contributed by atoms with van der Waals surface area (Å²) in [5.74, 6) is 0.491. The molecule has 0 unspecified atom stereocenters. The van der Waals surface area contributed by atoms with Crippen molar-refractivity contribution < 1.29 is 4.92 Å². The quantitative estimate of drug-likeness (QED) is 0.441. The number of halogens is 1. The second-order valence-electron chi connectivity index (χ2n) is 6.10. The molecule has 0 aliphatic rings. The van der Waals surface area contributed by atoms with Crippen molar-refractivity contribution in [3.63, 3.8) is 0 Å². The lowest BCUT2D eigenvalue weighted by Crippen LogP contribution is -2.30. The normalized spacial score (nSPS) is 10.6. The maximum atomic E-state index is 10.9. The number of hydrogen-bond donors (Lipinski definition) is 1. The van der Waals surface area contributed by atoms with Gasteiger partial charge in [0.2, 0.25) is 0 Å². The summed E-state index contributed by atoms with van der Waals surface area (Å²) < 4.78 is 0. The number of nitro benzene ring substituents is 1. The summed E-state index contributed by atoms with van der Waals surface area (Å²) in [4.78, 5) is 12.3. The van der Waals surface area contributed by atoms with Gasteiger partial charge < -0.3 is 10.2 Å². The molecule has 2 rings (SSSR count). The monoisotopic (exact) mass is 377 g/mol. The lowest BCUT2D eigenvalue weighted by atomic mass is 10.0. The van der Waals surface area contributed by atoms with E-state index in [1.165, 1.54) is 23.8 Å². The number of rotatable bonds is 5. The van der Waals surface area contributed by atoms with Gasteiger partial charge in [-0.3, -0.25) is 10.1 Å². The number of thiocarbonyl (C=S) groups is 1. The fourth-order valence-electron chi connectivity index (χ4n) is 2.29. The van der Waals surface area contributed by atoms with Crippen molar-refractivity contribution in [2.45, 2.75) is 26.3 Å². The van der Waals surface area contributed by atoms with Crippen LogP contribution in [0.5, 0.6) is 0 Å². The van der Waals surface area contributed by atoms with Gasteiger partial charge in [-0.15, -0.1) is 0 Å². The van der Waals surface area contributed by atoms with Gasteiger partial charge in [-0.1, -0.05) is 49.7 Å². The minimum Gasteiger partial charge on any atom is -0.348 e. The summed E-state index contributed by atoms with van der Waals surface area (Å²) in [6, 6.07) is 12.6. The minimum absolute atomic E-state index is 0.0402. The molecule has 0 aliphatic carbocycles. The van der Waals surface area contributed by atoms with Crippen molar-refractivity contribution in [1.82, 2.24) is 4.90 Å². The number of nitrogens with zero attached hydrogens (tertiary/aromatic N) is 2. The van der Waals surface area contributed by atoms with Crippen LogP contribution in [0.2, 0.25) is 5.02 Å². The van der Waals surface area contributed by atoms with E-state index in [2.05, 4.69) is 43.4 Å². The van der Waals surface area contributed by atoms with Gasteiger partial charge in [0, 0.05) is 25.7 Å². The predicted octanol–water partition coefficient (Wildman–Crippen LogP) is 5.20. The van der Waals surface area contributed by atoms with Crippen molar-refractivity contribution in [3.8, 4) is 0 Å². The van der Waals surface area contributed by atoms with Gasteiger partial charge in [0.25, 0.3) is 5.69 Å². The second kappa shape index (κ2) is 8.27. The van der Waals surface area contributed by atoms with Gasteiger partial charge in [-0.25, -0.2) is 0 Å². The van der Waals surface area contributed by atoms with E-state index < -0.39 is 4.92 Å². The molecule has 25 heavy (non-hydrogen) atoms. The highest BCUT2D eigenvalue weighted by atomic mass is 35.5. The third-order valence-corrected chi connectivity index (χ3v) is 4.56. The highest BCUT2D eigenvalue weighted by molar-refractivity contribution is 7.80. The van der Waals surface area contributed by atoms with Crippen molar-refractivity contribution in [3.05, 3.63) is 68.7 Å². The first-order valence-corrected chi connectivity index (χ1v) is 8.61. The molecule has 0 radical (unpaired) electrons. The van der Waals surface area contributed by atoms with E-state index in [1.54, 1.807) is 0 Å². The predicted molar refractivity (Wildman–Crippen MR) is 106 cm³/mol. The van der Waals surface area contributed by atoms with Crippen molar-refractivity contribution in [1.29, 1.82) is 0 Å². The summed E-state index contributed by atoms with van der Waals surface area (Å²) in [7, 11) is 1.86. The summed E-state index contributed by atoms with van der Waals surface area (Å²) in [6.45, 7) is 4.93. The zero-order valence-electron chi connectivity index (χ0n) is 14.3. The maximum absolute atomic E-state index is 10.9. The Hall–Kier alpha value is -2.18. The molecule has 0 bridgehead atoms. The molecule has 0 fully saturated rings. The molecule has 5 nitrogen and oxygen atoms in total. The van der Waals surface area contributed by atoms with Crippen LogP contribution in [0.3, 0.4) is 0 Å². The Labute approximate surface area is 157 Å². The first kappa shape index (κ1) is 19.1. The van der Waals surface area contributed by atoms with E-state index in [-0.39, 0.29) is 5.69 Å². The summed E-state index contributed by atoms with van der Waals surface area (Å²) >= 11 is 11.5. The molecular formula is C18H20ClN3O2S. The first-order valence-electron chi connectivity index (χ1n) is 7.83. The molecule has 2 aromatic carbocycles. The van der Waals surface area contributed by atoms with Gasteiger partial charge >= 0.3 is 0 Å². The zero-order chi connectivity index (χ0) is 18.6. The Balaban J connectivity index is 2.05. The lowest BCUT2D eigenvalue weighted by molar-refractivity contribution is -0.384. The van der Waals surface area contributed by atoms with Crippen LogP contribution in [0.4, 0.5) is 11.4 Å². The largest absolute Gasteiger partial charge is 0.348 e. The Bertz CT molecular complexity index is 778. The third kappa shape index (κ3) is 5.14.